The van der Waals surface area contributed by atoms with E-state index in [-0.39, 0.29) is 12.1 Å². The maximum Gasteiger partial charge on any atom is 0.410 e. The lowest BCUT2D eigenvalue weighted by Crippen LogP contribution is -2.43. The van der Waals surface area contributed by atoms with Crippen molar-refractivity contribution in [1.29, 1.82) is 0 Å². The summed E-state index contributed by atoms with van der Waals surface area (Å²) in [6.45, 7) is 8.46. The van der Waals surface area contributed by atoms with Gasteiger partial charge in [0.15, 0.2) is 0 Å². The summed E-state index contributed by atoms with van der Waals surface area (Å²) in [5, 5.41) is 0. The lowest BCUT2D eigenvalue weighted by Gasteiger charge is -2.28. The number of nitrogens with two attached hydrogens (primary N) is 1. The first-order valence-electron chi connectivity index (χ1n) is 6.91. The Morgan fingerprint density at radius 2 is 2.15 bits per heavy atom. The number of ether oxygens (including phenoxy) is 1. The van der Waals surface area contributed by atoms with Crippen LogP contribution in [0.3, 0.4) is 0 Å². The molecule has 0 aliphatic heterocycles. The zero-order valence-corrected chi connectivity index (χ0v) is 12.8. The molecule has 5 heteroatoms. The molecule has 1 rings (SSSR count). The van der Waals surface area contributed by atoms with Crippen LogP contribution < -0.4 is 5.73 Å². The highest BCUT2D eigenvalue weighted by Crippen LogP contribution is 2.10. The van der Waals surface area contributed by atoms with Gasteiger partial charge in [0.25, 0.3) is 0 Å². The summed E-state index contributed by atoms with van der Waals surface area (Å²) >= 11 is 0. The second-order valence-corrected chi connectivity index (χ2v) is 5.97. The molecule has 2 N–H and O–H groups in total. The molecule has 0 radical (unpaired) electrons. The minimum Gasteiger partial charge on any atom is -0.444 e. The Hall–Kier alpha value is -1.62. The summed E-state index contributed by atoms with van der Waals surface area (Å²) in [7, 11) is 0. The highest BCUT2D eigenvalue weighted by atomic mass is 16.6. The SMILES string of the molecule is CC(N)CN(CCc1ccccn1)C(=O)OC(C)(C)C. The highest BCUT2D eigenvalue weighted by Gasteiger charge is 2.22. The van der Waals surface area contributed by atoms with Crippen LogP contribution in [0.5, 0.6) is 0 Å². The van der Waals surface area contributed by atoms with Gasteiger partial charge in [0.2, 0.25) is 0 Å². The standard InChI is InChI=1S/C15H25N3O2/c1-12(16)11-18(14(19)20-15(2,3)4)10-8-13-7-5-6-9-17-13/h5-7,9,12H,8,10-11,16H2,1-4H3. The maximum atomic E-state index is 12.1. The zero-order chi connectivity index (χ0) is 15.2. The van der Waals surface area contributed by atoms with E-state index in [1.165, 1.54) is 0 Å². The van der Waals surface area contributed by atoms with Crippen LogP contribution in [0, 0.1) is 0 Å². The number of nitrogens with zero attached hydrogens (tertiary/aromatic N) is 2. The molecule has 20 heavy (non-hydrogen) atoms. The van der Waals surface area contributed by atoms with Crippen molar-refractivity contribution in [1.82, 2.24) is 9.88 Å². The Morgan fingerprint density at radius 3 is 2.65 bits per heavy atom. The van der Waals surface area contributed by atoms with Crippen LogP contribution in [0.15, 0.2) is 24.4 Å². The molecule has 0 fully saturated rings. The molecule has 0 aliphatic rings. The molecule has 5 nitrogen and oxygen atoms in total. The van der Waals surface area contributed by atoms with E-state index >= 15 is 0 Å². The van der Waals surface area contributed by atoms with E-state index < -0.39 is 5.60 Å². The fourth-order valence-electron chi connectivity index (χ4n) is 1.73. The van der Waals surface area contributed by atoms with Gasteiger partial charge in [-0.25, -0.2) is 4.79 Å². The molecule has 0 saturated heterocycles. The molecule has 1 amide bonds. The van der Waals surface area contributed by atoms with Crippen LogP contribution >= 0.6 is 0 Å². The van der Waals surface area contributed by atoms with Crippen molar-refractivity contribution in [3.63, 3.8) is 0 Å². The van der Waals surface area contributed by atoms with Crippen LogP contribution in [0.25, 0.3) is 0 Å². The first kappa shape index (κ1) is 16.4. The Morgan fingerprint density at radius 1 is 1.45 bits per heavy atom. The third kappa shape index (κ3) is 6.52. The predicted octanol–water partition coefficient (Wildman–Crippen LogP) is 2.21. The van der Waals surface area contributed by atoms with E-state index in [1.54, 1.807) is 11.1 Å². The lowest BCUT2D eigenvalue weighted by atomic mass is 10.2. The van der Waals surface area contributed by atoms with Crippen molar-refractivity contribution in [2.45, 2.75) is 45.8 Å². The van der Waals surface area contributed by atoms with Gasteiger partial charge in [-0.05, 0) is 39.8 Å². The van der Waals surface area contributed by atoms with E-state index in [0.29, 0.717) is 19.5 Å². The third-order valence-corrected chi connectivity index (χ3v) is 2.52. The van der Waals surface area contributed by atoms with Crippen molar-refractivity contribution in [3.05, 3.63) is 30.1 Å². The van der Waals surface area contributed by atoms with Gasteiger partial charge in [-0.3, -0.25) is 4.98 Å². The van der Waals surface area contributed by atoms with Gasteiger partial charge < -0.3 is 15.4 Å². The summed E-state index contributed by atoms with van der Waals surface area (Å²) in [5.74, 6) is 0. The predicted molar refractivity (Wildman–Crippen MR) is 79.4 cm³/mol. The van der Waals surface area contributed by atoms with E-state index in [4.69, 9.17) is 10.5 Å². The average Bonchev–Trinajstić information content (AvgIpc) is 2.33. The maximum absolute atomic E-state index is 12.1. The van der Waals surface area contributed by atoms with Gasteiger partial charge in [0, 0.05) is 37.4 Å². The summed E-state index contributed by atoms with van der Waals surface area (Å²) in [5.41, 5.74) is 6.25. The molecule has 1 atom stereocenters. The molecular formula is C15H25N3O2. The first-order chi connectivity index (χ1) is 9.28. The first-order valence-corrected chi connectivity index (χ1v) is 6.91. The van der Waals surface area contributed by atoms with Gasteiger partial charge in [-0.15, -0.1) is 0 Å². The molecule has 1 unspecified atom stereocenters. The lowest BCUT2D eigenvalue weighted by molar-refractivity contribution is 0.0243. The Labute approximate surface area is 121 Å². The fourth-order valence-corrected chi connectivity index (χ4v) is 1.73. The molecule has 0 saturated carbocycles. The van der Waals surface area contributed by atoms with Crippen LogP contribution in [-0.4, -0.2) is 40.7 Å². The number of pyridine rings is 1. The monoisotopic (exact) mass is 279 g/mol. The molecule has 0 spiro atoms. The average molecular weight is 279 g/mol. The van der Waals surface area contributed by atoms with Gasteiger partial charge in [-0.2, -0.15) is 0 Å². The van der Waals surface area contributed by atoms with Crippen molar-refractivity contribution in [2.24, 2.45) is 5.73 Å². The third-order valence-electron chi connectivity index (χ3n) is 2.52. The minimum atomic E-state index is -0.502. The Kier molecular flexibility index (Phi) is 5.95. The van der Waals surface area contributed by atoms with E-state index in [2.05, 4.69) is 4.98 Å². The van der Waals surface area contributed by atoms with Gasteiger partial charge in [-0.1, -0.05) is 6.07 Å². The van der Waals surface area contributed by atoms with Crippen LogP contribution in [0.2, 0.25) is 0 Å². The molecule has 1 heterocycles. The largest absolute Gasteiger partial charge is 0.444 e. The van der Waals surface area contributed by atoms with Gasteiger partial charge >= 0.3 is 6.09 Å². The number of carbonyl (C=O) groups excluding carboxylic acids is 1. The van der Waals surface area contributed by atoms with E-state index in [1.807, 2.05) is 45.9 Å². The van der Waals surface area contributed by atoms with Crippen molar-refractivity contribution >= 4 is 6.09 Å². The number of hydrogen-bond donors (Lipinski definition) is 1. The second kappa shape index (κ2) is 7.24. The van der Waals surface area contributed by atoms with Crippen LogP contribution in [0.4, 0.5) is 4.79 Å². The number of amides is 1. The van der Waals surface area contributed by atoms with Gasteiger partial charge in [0.1, 0.15) is 5.60 Å². The quantitative estimate of drug-likeness (QED) is 0.897. The smallest absolute Gasteiger partial charge is 0.410 e. The molecule has 1 aromatic rings. The summed E-state index contributed by atoms with van der Waals surface area (Å²) in [6, 6.07) is 5.66. The normalized spacial score (nSPS) is 12.8. The van der Waals surface area contributed by atoms with Crippen LogP contribution in [-0.2, 0) is 11.2 Å². The van der Waals surface area contributed by atoms with Crippen molar-refractivity contribution in [2.75, 3.05) is 13.1 Å². The fraction of sp³-hybridized carbons (Fsp3) is 0.600. The molecular weight excluding hydrogens is 254 g/mol. The second-order valence-electron chi connectivity index (χ2n) is 5.97. The number of aromatic nitrogens is 1. The van der Waals surface area contributed by atoms with Gasteiger partial charge in [0.05, 0.1) is 0 Å². The molecule has 1 aromatic heterocycles. The van der Waals surface area contributed by atoms with E-state index in [9.17, 15) is 4.79 Å². The topological polar surface area (TPSA) is 68.5 Å². The van der Waals surface area contributed by atoms with Crippen molar-refractivity contribution in [3.8, 4) is 0 Å². The number of hydrogen-bond acceptors (Lipinski definition) is 4. The summed E-state index contributed by atoms with van der Waals surface area (Å²) in [4.78, 5) is 18.0. The zero-order valence-electron chi connectivity index (χ0n) is 12.8. The molecule has 0 bridgehead atoms. The van der Waals surface area contributed by atoms with Crippen LogP contribution in [0.1, 0.15) is 33.4 Å². The molecule has 0 aromatic carbocycles. The molecule has 0 aliphatic carbocycles. The molecule has 112 valence electrons. The number of rotatable bonds is 5. The minimum absolute atomic E-state index is 0.0914. The highest BCUT2D eigenvalue weighted by molar-refractivity contribution is 5.68. The summed E-state index contributed by atoms with van der Waals surface area (Å²) < 4.78 is 5.40. The van der Waals surface area contributed by atoms with E-state index in [0.717, 1.165) is 5.69 Å². The Bertz CT molecular complexity index is 413. The Balaban J connectivity index is 2.62. The summed E-state index contributed by atoms with van der Waals surface area (Å²) in [6.07, 6.45) is 2.11. The number of carbonyl (C=O) groups is 1. The van der Waals surface area contributed by atoms with Crippen molar-refractivity contribution < 1.29 is 9.53 Å².